The summed E-state index contributed by atoms with van der Waals surface area (Å²) >= 11 is 0. The third-order valence-corrected chi connectivity index (χ3v) is 10.3. The van der Waals surface area contributed by atoms with E-state index in [-0.39, 0.29) is 54.7 Å². The van der Waals surface area contributed by atoms with E-state index in [4.69, 9.17) is 9.72 Å². The van der Waals surface area contributed by atoms with Gasteiger partial charge < -0.3 is 19.8 Å². The molecule has 7 nitrogen and oxygen atoms in total. The topological polar surface area (TPSA) is 91.6 Å². The predicted octanol–water partition coefficient (Wildman–Crippen LogP) is 8.39. The summed E-state index contributed by atoms with van der Waals surface area (Å²) in [5, 5.41) is 21.1. The zero-order chi connectivity index (χ0) is 36.0. The SMILES string of the molecule is C[C@@H](O)COc1cnc(N2CCC(c3nc4c(c(C5CCC(F)(F)CC5)c3[C@@H](F)c3ccc(C(F)(F)F)cc3)[C@@H](O)CC(C)(C)C4)CC2)nc1. The fourth-order valence-corrected chi connectivity index (χ4v) is 7.83. The average Bonchev–Trinajstić information content (AvgIpc) is 3.06. The van der Waals surface area contributed by atoms with Gasteiger partial charge in [0.2, 0.25) is 11.9 Å². The maximum atomic E-state index is 17.2. The molecule has 1 saturated carbocycles. The van der Waals surface area contributed by atoms with Gasteiger partial charge in [-0.15, -0.1) is 0 Å². The summed E-state index contributed by atoms with van der Waals surface area (Å²) in [6, 6.07) is 3.96. The van der Waals surface area contributed by atoms with Crippen molar-refractivity contribution in [3.8, 4) is 5.75 Å². The molecule has 272 valence electrons. The zero-order valence-corrected chi connectivity index (χ0v) is 28.5. The van der Waals surface area contributed by atoms with Crippen molar-refractivity contribution >= 4 is 5.95 Å². The second-order valence-corrected chi connectivity index (χ2v) is 15.0. The highest BCUT2D eigenvalue weighted by atomic mass is 19.4. The first kappa shape index (κ1) is 36.3. The number of nitrogens with zero attached hydrogens (tertiary/aromatic N) is 4. The summed E-state index contributed by atoms with van der Waals surface area (Å²) in [6.45, 7) is 6.77. The number of aliphatic hydroxyl groups excluding tert-OH is 2. The lowest BCUT2D eigenvalue weighted by molar-refractivity contribution is -0.137. The van der Waals surface area contributed by atoms with Crippen LogP contribution in [0.25, 0.3) is 0 Å². The lowest BCUT2D eigenvalue weighted by atomic mass is 9.68. The van der Waals surface area contributed by atoms with Crippen LogP contribution >= 0.6 is 0 Å². The minimum atomic E-state index is -4.60. The van der Waals surface area contributed by atoms with Gasteiger partial charge in [-0.1, -0.05) is 26.0 Å². The van der Waals surface area contributed by atoms with Crippen LogP contribution in [0.15, 0.2) is 36.7 Å². The third-order valence-electron chi connectivity index (χ3n) is 10.3. The molecule has 3 heterocycles. The van der Waals surface area contributed by atoms with Crippen LogP contribution in [0.3, 0.4) is 0 Å². The molecule has 50 heavy (non-hydrogen) atoms. The van der Waals surface area contributed by atoms with Crippen LogP contribution < -0.4 is 9.64 Å². The Balaban J connectivity index is 1.40. The fraction of sp³-hybridized carbons (Fsp3) is 0.595. The lowest BCUT2D eigenvalue weighted by Gasteiger charge is -2.41. The highest BCUT2D eigenvalue weighted by Gasteiger charge is 2.44. The number of piperidine rings is 1. The molecular weight excluding hydrogens is 662 g/mol. The van der Waals surface area contributed by atoms with Crippen molar-refractivity contribution in [2.24, 2.45) is 5.41 Å². The highest BCUT2D eigenvalue weighted by molar-refractivity contribution is 5.51. The first-order valence-electron chi connectivity index (χ1n) is 17.3. The molecule has 0 amide bonds. The Kier molecular flexibility index (Phi) is 10.1. The van der Waals surface area contributed by atoms with Crippen LogP contribution in [0.2, 0.25) is 0 Å². The number of aromatic nitrogens is 3. The van der Waals surface area contributed by atoms with Crippen molar-refractivity contribution in [1.82, 2.24) is 15.0 Å². The number of rotatable bonds is 8. The number of ether oxygens (including phenoxy) is 1. The molecule has 1 saturated heterocycles. The number of hydrogen-bond acceptors (Lipinski definition) is 7. The molecule has 3 aliphatic rings. The number of benzene rings is 1. The van der Waals surface area contributed by atoms with Crippen molar-refractivity contribution in [2.75, 3.05) is 24.6 Å². The molecule has 2 aliphatic carbocycles. The van der Waals surface area contributed by atoms with Crippen LogP contribution in [-0.2, 0) is 12.6 Å². The minimum Gasteiger partial charge on any atom is -0.488 e. The molecule has 0 bridgehead atoms. The largest absolute Gasteiger partial charge is 0.488 e. The summed E-state index contributed by atoms with van der Waals surface area (Å²) in [7, 11) is 0. The van der Waals surface area contributed by atoms with Gasteiger partial charge in [0.25, 0.3) is 0 Å². The van der Waals surface area contributed by atoms with E-state index in [1.807, 2.05) is 18.7 Å². The van der Waals surface area contributed by atoms with E-state index in [0.29, 0.717) is 73.0 Å². The Hall–Kier alpha value is -3.45. The smallest absolute Gasteiger partial charge is 0.416 e. The van der Waals surface area contributed by atoms with Crippen LogP contribution in [0.5, 0.6) is 5.75 Å². The van der Waals surface area contributed by atoms with Crippen LogP contribution in [-0.4, -0.2) is 56.9 Å². The average molecular weight is 707 g/mol. The van der Waals surface area contributed by atoms with E-state index in [0.717, 1.165) is 24.3 Å². The normalized spacial score (nSPS) is 22.5. The number of alkyl halides is 6. The summed E-state index contributed by atoms with van der Waals surface area (Å²) in [4.78, 5) is 15.9. The molecule has 0 unspecified atom stereocenters. The predicted molar refractivity (Wildman–Crippen MR) is 175 cm³/mol. The first-order valence-corrected chi connectivity index (χ1v) is 17.3. The van der Waals surface area contributed by atoms with Crippen molar-refractivity contribution < 1.29 is 41.3 Å². The van der Waals surface area contributed by atoms with Crippen molar-refractivity contribution in [1.29, 1.82) is 0 Å². The minimum absolute atomic E-state index is 0.0118. The number of pyridine rings is 1. The Morgan fingerprint density at radius 1 is 0.960 bits per heavy atom. The van der Waals surface area contributed by atoms with Gasteiger partial charge in [-0.3, -0.25) is 4.98 Å². The van der Waals surface area contributed by atoms with E-state index in [9.17, 15) is 32.2 Å². The lowest BCUT2D eigenvalue weighted by Crippen LogP contribution is -2.36. The van der Waals surface area contributed by atoms with Gasteiger partial charge in [0.15, 0.2) is 11.9 Å². The van der Waals surface area contributed by atoms with E-state index in [1.54, 1.807) is 6.92 Å². The molecule has 6 rings (SSSR count). The van der Waals surface area contributed by atoms with Crippen molar-refractivity contribution in [3.63, 3.8) is 0 Å². The number of hydrogen-bond donors (Lipinski definition) is 2. The third kappa shape index (κ3) is 7.88. The van der Waals surface area contributed by atoms with Gasteiger partial charge in [-0.2, -0.15) is 13.2 Å². The highest BCUT2D eigenvalue weighted by Crippen LogP contribution is 2.52. The monoisotopic (exact) mass is 706 g/mol. The molecule has 1 aliphatic heterocycles. The molecule has 2 aromatic heterocycles. The van der Waals surface area contributed by atoms with E-state index in [2.05, 4.69) is 9.97 Å². The summed E-state index contributed by atoms with van der Waals surface area (Å²) < 4.78 is 91.9. The van der Waals surface area contributed by atoms with Gasteiger partial charge in [-0.25, -0.2) is 23.1 Å². The van der Waals surface area contributed by atoms with E-state index < -0.39 is 42.0 Å². The van der Waals surface area contributed by atoms with Crippen LogP contribution in [0.4, 0.5) is 32.3 Å². The van der Waals surface area contributed by atoms with E-state index >= 15 is 4.39 Å². The molecule has 3 aromatic rings. The Labute approximate surface area is 288 Å². The number of anilines is 1. The molecule has 2 fully saturated rings. The van der Waals surface area contributed by atoms with Gasteiger partial charge >= 0.3 is 6.18 Å². The molecule has 2 N–H and O–H groups in total. The summed E-state index contributed by atoms with van der Waals surface area (Å²) in [5.41, 5.74) is 1.12. The second-order valence-electron chi connectivity index (χ2n) is 15.0. The second kappa shape index (κ2) is 13.9. The molecule has 3 atom stereocenters. The Bertz CT molecular complexity index is 1630. The Morgan fingerprint density at radius 3 is 2.16 bits per heavy atom. The quantitative estimate of drug-likeness (QED) is 0.228. The zero-order valence-electron chi connectivity index (χ0n) is 28.5. The van der Waals surface area contributed by atoms with Gasteiger partial charge in [0.05, 0.1) is 35.9 Å². The van der Waals surface area contributed by atoms with Crippen molar-refractivity contribution in [3.05, 3.63) is 75.9 Å². The van der Waals surface area contributed by atoms with E-state index in [1.165, 1.54) is 12.4 Å². The maximum absolute atomic E-state index is 17.2. The number of halogens is 6. The number of fused-ring (bicyclic) bond motifs is 1. The van der Waals surface area contributed by atoms with Crippen LogP contribution in [0.1, 0.15) is 129 Å². The van der Waals surface area contributed by atoms with Gasteiger partial charge in [0, 0.05) is 48.7 Å². The Morgan fingerprint density at radius 2 is 1.58 bits per heavy atom. The summed E-state index contributed by atoms with van der Waals surface area (Å²) in [5.74, 6) is -2.66. The number of aliphatic hydroxyl groups is 2. The molecule has 0 radical (unpaired) electrons. The molecular formula is C37H44F6N4O3. The van der Waals surface area contributed by atoms with Crippen molar-refractivity contribution in [2.45, 2.75) is 114 Å². The van der Waals surface area contributed by atoms with Gasteiger partial charge in [0.1, 0.15) is 6.61 Å². The molecule has 0 spiro atoms. The molecule has 13 heteroatoms. The fourth-order valence-electron chi connectivity index (χ4n) is 7.83. The maximum Gasteiger partial charge on any atom is 0.416 e. The standard InChI is InChI=1S/C37H44F6N4O3/c1-21(48)20-50-26-18-44-34(45-19-26)47-14-10-24(11-15-47)33-31(32(38)23-4-6-25(7-5-23)37(41,42)43)29(22-8-12-36(39,40)13-9-22)30-27(46-33)16-35(2,3)17-28(30)49/h4-7,18-19,21-22,24,28,32,48-49H,8-17,20H2,1-3H3/t21-,28+,32+/m1/s1. The van der Waals surface area contributed by atoms with Gasteiger partial charge in [-0.05, 0) is 80.0 Å². The first-order chi connectivity index (χ1) is 23.5. The molecule has 1 aromatic carbocycles. The van der Waals surface area contributed by atoms with Crippen LogP contribution in [0, 0.1) is 5.41 Å². The summed E-state index contributed by atoms with van der Waals surface area (Å²) in [6.07, 6.45) is -3.64.